The van der Waals surface area contributed by atoms with Crippen molar-refractivity contribution in [1.82, 2.24) is 9.88 Å². The molecule has 2 amide bonds. The minimum atomic E-state index is -1.18. The number of rotatable bonds is 4. The molecule has 0 aliphatic heterocycles. The molecule has 0 atom stereocenters. The minimum absolute atomic E-state index is 0.114. The third-order valence-electron chi connectivity index (χ3n) is 2.35. The zero-order valence-corrected chi connectivity index (χ0v) is 10.8. The van der Waals surface area contributed by atoms with Gasteiger partial charge in [-0.25, -0.2) is 9.59 Å². The average Bonchev–Trinajstić information content (AvgIpc) is 2.70. The van der Waals surface area contributed by atoms with Crippen LogP contribution in [-0.4, -0.2) is 53.7 Å². The van der Waals surface area contributed by atoms with Gasteiger partial charge >= 0.3 is 18.0 Å². The molecular formula is C11H15N3O5. The van der Waals surface area contributed by atoms with Crippen LogP contribution in [0.25, 0.3) is 0 Å². The molecule has 0 fully saturated rings. The molecule has 0 aromatic carbocycles. The number of aromatic carboxylic acids is 1. The van der Waals surface area contributed by atoms with Crippen molar-refractivity contribution in [3.63, 3.8) is 0 Å². The Bertz CT molecular complexity index is 508. The lowest BCUT2D eigenvalue weighted by Gasteiger charge is -2.16. The van der Waals surface area contributed by atoms with Crippen molar-refractivity contribution >= 4 is 23.7 Å². The van der Waals surface area contributed by atoms with Crippen molar-refractivity contribution in [2.24, 2.45) is 0 Å². The maximum atomic E-state index is 11.7. The van der Waals surface area contributed by atoms with E-state index in [2.05, 4.69) is 15.0 Å². The van der Waals surface area contributed by atoms with Crippen LogP contribution in [0.1, 0.15) is 16.2 Å². The van der Waals surface area contributed by atoms with Crippen molar-refractivity contribution in [3.8, 4) is 0 Å². The number of H-pyrrole nitrogens is 1. The number of urea groups is 1. The van der Waals surface area contributed by atoms with Gasteiger partial charge in [-0.2, -0.15) is 0 Å². The average molecular weight is 269 g/mol. The highest BCUT2D eigenvalue weighted by Gasteiger charge is 2.18. The number of aromatic nitrogens is 1. The number of esters is 1. The number of hydrogen-bond acceptors (Lipinski definition) is 4. The molecule has 104 valence electrons. The summed E-state index contributed by atoms with van der Waals surface area (Å²) in [6.07, 6.45) is 0. The molecule has 0 aliphatic carbocycles. The van der Waals surface area contributed by atoms with Crippen molar-refractivity contribution < 1.29 is 24.2 Å². The van der Waals surface area contributed by atoms with Crippen LogP contribution in [0.3, 0.4) is 0 Å². The molecule has 1 heterocycles. The lowest BCUT2D eigenvalue weighted by molar-refractivity contribution is -0.140. The van der Waals surface area contributed by atoms with Gasteiger partial charge in [-0.05, 0) is 13.0 Å². The summed E-state index contributed by atoms with van der Waals surface area (Å²) < 4.78 is 4.43. The summed E-state index contributed by atoms with van der Waals surface area (Å²) in [4.78, 5) is 37.4. The summed E-state index contributed by atoms with van der Waals surface area (Å²) in [5.41, 5.74) is 0.632. The lowest BCUT2D eigenvalue weighted by atomic mass is 10.3. The number of aromatic amines is 1. The summed E-state index contributed by atoms with van der Waals surface area (Å²) in [6.45, 7) is 1.44. The molecular weight excluding hydrogens is 254 g/mol. The van der Waals surface area contributed by atoms with Gasteiger partial charge < -0.3 is 25.0 Å². The number of nitrogens with one attached hydrogen (secondary N) is 2. The molecule has 3 N–H and O–H groups in total. The van der Waals surface area contributed by atoms with E-state index in [9.17, 15) is 14.4 Å². The van der Waals surface area contributed by atoms with Crippen molar-refractivity contribution in [1.29, 1.82) is 0 Å². The monoisotopic (exact) mass is 269 g/mol. The predicted octanol–water partition coefficient (Wildman–Crippen LogP) is 0.658. The summed E-state index contributed by atoms with van der Waals surface area (Å²) in [6, 6.07) is 0.889. The Kier molecular flexibility index (Phi) is 4.51. The molecule has 0 saturated heterocycles. The first-order valence-corrected chi connectivity index (χ1v) is 5.37. The van der Waals surface area contributed by atoms with Gasteiger partial charge in [0, 0.05) is 12.7 Å². The van der Waals surface area contributed by atoms with Crippen LogP contribution in [0.4, 0.5) is 10.5 Å². The second-order valence-electron chi connectivity index (χ2n) is 3.91. The molecule has 1 rings (SSSR count). The third kappa shape index (κ3) is 3.73. The van der Waals surface area contributed by atoms with Gasteiger partial charge in [0.05, 0.1) is 12.8 Å². The van der Waals surface area contributed by atoms with E-state index in [-0.39, 0.29) is 17.9 Å². The van der Waals surface area contributed by atoms with Gasteiger partial charge in [-0.1, -0.05) is 0 Å². The van der Waals surface area contributed by atoms with E-state index in [4.69, 9.17) is 5.11 Å². The highest BCUT2D eigenvalue weighted by Crippen LogP contribution is 2.17. The Morgan fingerprint density at radius 2 is 2.11 bits per heavy atom. The van der Waals surface area contributed by atoms with Gasteiger partial charge in [0.15, 0.2) is 0 Å². The normalized spacial score (nSPS) is 9.84. The second-order valence-corrected chi connectivity index (χ2v) is 3.91. The molecule has 1 aromatic rings. The van der Waals surface area contributed by atoms with E-state index in [0.29, 0.717) is 5.69 Å². The summed E-state index contributed by atoms with van der Waals surface area (Å²) >= 11 is 0. The number of carboxylic acid groups (broad SMARTS) is 1. The lowest BCUT2D eigenvalue weighted by Crippen LogP contribution is -2.36. The van der Waals surface area contributed by atoms with E-state index in [0.717, 1.165) is 4.90 Å². The number of carbonyl (C=O) groups excluding carboxylic acids is 2. The fraction of sp³-hybridized carbons (Fsp3) is 0.364. The fourth-order valence-corrected chi connectivity index (χ4v) is 1.40. The van der Waals surface area contributed by atoms with E-state index in [1.807, 2.05) is 0 Å². The van der Waals surface area contributed by atoms with Gasteiger partial charge in [0.25, 0.3) is 0 Å². The maximum Gasteiger partial charge on any atom is 0.354 e. The zero-order valence-electron chi connectivity index (χ0n) is 10.8. The van der Waals surface area contributed by atoms with Crippen LogP contribution >= 0.6 is 0 Å². The number of carbonyl (C=O) groups is 3. The van der Waals surface area contributed by atoms with Crippen LogP contribution in [0.2, 0.25) is 0 Å². The SMILES string of the molecule is COC(=O)CN(C)C(=O)Nc1cc(C)[nH]c1C(=O)O. The molecule has 19 heavy (non-hydrogen) atoms. The van der Waals surface area contributed by atoms with Gasteiger partial charge in [-0.15, -0.1) is 0 Å². The number of anilines is 1. The van der Waals surface area contributed by atoms with Gasteiger partial charge in [0.1, 0.15) is 12.2 Å². The summed E-state index contributed by atoms with van der Waals surface area (Å²) in [7, 11) is 2.61. The van der Waals surface area contributed by atoms with Crippen molar-refractivity contribution in [2.75, 3.05) is 26.0 Å². The number of aryl methyl sites for hydroxylation is 1. The molecule has 0 unspecified atom stereocenters. The number of likely N-dealkylation sites (N-methyl/N-ethyl adjacent to an activating group) is 1. The number of nitrogens with zero attached hydrogens (tertiary/aromatic N) is 1. The summed E-state index contributed by atoms with van der Waals surface area (Å²) in [5, 5.41) is 11.4. The Hall–Kier alpha value is -2.51. The van der Waals surface area contributed by atoms with Crippen LogP contribution in [0.5, 0.6) is 0 Å². The predicted molar refractivity (Wildman–Crippen MR) is 66.2 cm³/mol. The number of amides is 2. The Labute approximate surface area is 109 Å². The standard InChI is InChI=1S/C11H15N3O5/c1-6-4-7(9(12-6)10(16)17)13-11(18)14(2)5-8(15)19-3/h4,12H,5H2,1-3H3,(H,13,18)(H,16,17). The first-order chi connectivity index (χ1) is 8.85. The Morgan fingerprint density at radius 1 is 1.47 bits per heavy atom. The quantitative estimate of drug-likeness (QED) is 0.695. The number of methoxy groups -OCH3 is 1. The third-order valence-corrected chi connectivity index (χ3v) is 2.35. The van der Waals surface area contributed by atoms with E-state index in [1.165, 1.54) is 20.2 Å². The largest absolute Gasteiger partial charge is 0.477 e. The van der Waals surface area contributed by atoms with E-state index < -0.39 is 18.0 Å². The molecule has 0 aliphatic rings. The highest BCUT2D eigenvalue weighted by atomic mass is 16.5. The van der Waals surface area contributed by atoms with E-state index in [1.54, 1.807) is 6.92 Å². The zero-order chi connectivity index (χ0) is 14.6. The smallest absolute Gasteiger partial charge is 0.354 e. The first kappa shape index (κ1) is 14.6. The molecule has 0 spiro atoms. The number of carboxylic acids is 1. The Balaban J connectivity index is 2.76. The van der Waals surface area contributed by atoms with Crippen LogP contribution in [-0.2, 0) is 9.53 Å². The van der Waals surface area contributed by atoms with Gasteiger partial charge in [0.2, 0.25) is 0 Å². The molecule has 0 saturated carbocycles. The second kappa shape index (κ2) is 5.89. The van der Waals surface area contributed by atoms with Crippen LogP contribution in [0.15, 0.2) is 6.07 Å². The first-order valence-electron chi connectivity index (χ1n) is 5.37. The van der Waals surface area contributed by atoms with Crippen LogP contribution in [0, 0.1) is 6.92 Å². The topological polar surface area (TPSA) is 112 Å². The number of hydrogen-bond donors (Lipinski definition) is 3. The molecule has 8 nitrogen and oxygen atoms in total. The minimum Gasteiger partial charge on any atom is -0.477 e. The van der Waals surface area contributed by atoms with Crippen LogP contribution < -0.4 is 5.32 Å². The highest BCUT2D eigenvalue weighted by molar-refractivity contribution is 5.99. The summed E-state index contributed by atoms with van der Waals surface area (Å²) in [5.74, 6) is -1.75. The number of ether oxygens (including phenoxy) is 1. The molecule has 0 bridgehead atoms. The van der Waals surface area contributed by atoms with E-state index >= 15 is 0 Å². The maximum absolute atomic E-state index is 11.7. The van der Waals surface area contributed by atoms with Crippen molar-refractivity contribution in [3.05, 3.63) is 17.5 Å². The fourth-order valence-electron chi connectivity index (χ4n) is 1.40. The Morgan fingerprint density at radius 3 is 2.63 bits per heavy atom. The molecule has 8 heteroatoms. The molecule has 0 radical (unpaired) electrons. The molecule has 1 aromatic heterocycles. The van der Waals surface area contributed by atoms with Gasteiger partial charge in [-0.3, -0.25) is 4.79 Å². The van der Waals surface area contributed by atoms with Crippen molar-refractivity contribution in [2.45, 2.75) is 6.92 Å².